The fraction of sp³-hybridized carbons (Fsp3) is 0.533. The predicted octanol–water partition coefficient (Wildman–Crippen LogP) is 2.48. The van der Waals surface area contributed by atoms with Gasteiger partial charge in [-0.25, -0.2) is 0 Å². The summed E-state index contributed by atoms with van der Waals surface area (Å²) >= 11 is 1.92. The highest BCUT2D eigenvalue weighted by molar-refractivity contribution is 7.98. The Labute approximate surface area is 119 Å². The van der Waals surface area contributed by atoms with E-state index in [4.69, 9.17) is 0 Å². The van der Waals surface area contributed by atoms with Crippen LogP contribution in [-0.2, 0) is 10.5 Å². The Morgan fingerprint density at radius 3 is 2.84 bits per heavy atom. The summed E-state index contributed by atoms with van der Waals surface area (Å²) in [6.45, 7) is 6.36. The second-order valence-electron chi connectivity index (χ2n) is 5.95. The molecule has 0 aliphatic carbocycles. The molecule has 1 aromatic rings. The van der Waals surface area contributed by atoms with Crippen molar-refractivity contribution in [3.8, 4) is 0 Å². The van der Waals surface area contributed by atoms with Crippen LogP contribution in [0.25, 0.3) is 0 Å². The Morgan fingerprint density at radius 2 is 2.11 bits per heavy atom. The molecule has 0 spiro atoms. The minimum Gasteiger partial charge on any atom is -0.350 e. The van der Waals surface area contributed by atoms with Gasteiger partial charge in [0.05, 0.1) is 6.54 Å². The van der Waals surface area contributed by atoms with E-state index in [9.17, 15) is 4.79 Å². The smallest absolute Gasteiger partial charge is 0.234 e. The molecule has 0 fully saturated rings. The summed E-state index contributed by atoms with van der Waals surface area (Å²) in [7, 11) is 0. The van der Waals surface area contributed by atoms with E-state index in [1.54, 1.807) is 0 Å². The average Bonchev–Trinajstić information content (AvgIpc) is 2.34. The minimum atomic E-state index is -0.169. The zero-order valence-electron chi connectivity index (χ0n) is 11.8. The lowest BCUT2D eigenvalue weighted by Crippen LogP contribution is -2.45. The van der Waals surface area contributed by atoms with Crippen LogP contribution in [0.1, 0.15) is 37.9 Å². The lowest BCUT2D eigenvalue weighted by molar-refractivity contribution is -0.121. The summed E-state index contributed by atoms with van der Waals surface area (Å²) in [6, 6.07) is 8.76. The Morgan fingerprint density at radius 1 is 1.37 bits per heavy atom. The molecule has 1 aromatic carbocycles. The molecule has 19 heavy (non-hydrogen) atoms. The first-order chi connectivity index (χ1) is 8.96. The van der Waals surface area contributed by atoms with E-state index in [1.807, 2.05) is 32.5 Å². The quantitative estimate of drug-likeness (QED) is 0.892. The maximum absolute atomic E-state index is 11.8. The predicted molar refractivity (Wildman–Crippen MR) is 81.2 cm³/mol. The molecule has 104 valence electrons. The summed E-state index contributed by atoms with van der Waals surface area (Å²) in [5.41, 5.74) is 2.55. The molecular formula is C15H22N2OS. The summed E-state index contributed by atoms with van der Waals surface area (Å²) in [6.07, 6.45) is 0. The second kappa shape index (κ2) is 5.97. The van der Waals surface area contributed by atoms with Crippen LogP contribution in [0.2, 0.25) is 0 Å². The molecular weight excluding hydrogens is 256 g/mol. The van der Waals surface area contributed by atoms with E-state index in [1.165, 1.54) is 11.1 Å². The Balaban J connectivity index is 1.93. The van der Waals surface area contributed by atoms with Gasteiger partial charge in [0.1, 0.15) is 0 Å². The van der Waals surface area contributed by atoms with E-state index < -0.39 is 0 Å². The Kier molecular flexibility index (Phi) is 4.53. The first-order valence-corrected chi connectivity index (χ1v) is 7.81. The summed E-state index contributed by atoms with van der Waals surface area (Å²) in [4.78, 5) is 11.8. The molecule has 1 aliphatic rings. The number of fused-ring (bicyclic) bond motifs is 1. The van der Waals surface area contributed by atoms with Gasteiger partial charge in [-0.15, -0.1) is 0 Å². The lowest BCUT2D eigenvalue weighted by Gasteiger charge is -2.27. The van der Waals surface area contributed by atoms with Gasteiger partial charge in [0.25, 0.3) is 0 Å². The third-order valence-corrected chi connectivity index (χ3v) is 4.08. The van der Waals surface area contributed by atoms with Crippen LogP contribution in [0.3, 0.4) is 0 Å². The molecule has 0 saturated heterocycles. The van der Waals surface area contributed by atoms with E-state index in [2.05, 4.69) is 34.9 Å². The highest BCUT2D eigenvalue weighted by Gasteiger charge is 2.21. The summed E-state index contributed by atoms with van der Waals surface area (Å²) in [5.74, 6) is 2.16. The van der Waals surface area contributed by atoms with Gasteiger partial charge in [-0.05, 0) is 31.9 Å². The largest absolute Gasteiger partial charge is 0.350 e. The van der Waals surface area contributed by atoms with Crippen molar-refractivity contribution in [3.63, 3.8) is 0 Å². The molecule has 2 rings (SSSR count). The highest BCUT2D eigenvalue weighted by atomic mass is 32.2. The molecule has 0 radical (unpaired) electrons. The first kappa shape index (κ1) is 14.4. The number of hydrogen-bond acceptors (Lipinski definition) is 3. The Hall–Kier alpha value is -1.00. The van der Waals surface area contributed by atoms with Crippen molar-refractivity contribution in [3.05, 3.63) is 35.4 Å². The highest BCUT2D eigenvalue weighted by Crippen LogP contribution is 2.31. The van der Waals surface area contributed by atoms with Gasteiger partial charge in [-0.3, -0.25) is 4.79 Å². The van der Waals surface area contributed by atoms with Crippen molar-refractivity contribution in [1.29, 1.82) is 0 Å². The van der Waals surface area contributed by atoms with E-state index in [0.29, 0.717) is 6.54 Å². The summed E-state index contributed by atoms with van der Waals surface area (Å²) in [5, 5.41) is 6.34. The molecule has 0 aromatic heterocycles. The normalized spacial score (nSPS) is 18.8. The number of amides is 1. The van der Waals surface area contributed by atoms with Gasteiger partial charge in [0.15, 0.2) is 0 Å². The monoisotopic (exact) mass is 278 g/mol. The number of carbonyl (C=O) groups is 1. The summed E-state index contributed by atoms with van der Waals surface area (Å²) < 4.78 is 0. The van der Waals surface area contributed by atoms with Crippen LogP contribution < -0.4 is 10.6 Å². The fourth-order valence-corrected chi connectivity index (χ4v) is 3.36. The van der Waals surface area contributed by atoms with E-state index in [-0.39, 0.29) is 17.5 Å². The Bertz CT molecular complexity index is 454. The molecule has 1 aliphatic heterocycles. The van der Waals surface area contributed by atoms with Crippen LogP contribution in [0.15, 0.2) is 24.3 Å². The second-order valence-corrected chi connectivity index (χ2v) is 6.98. The number of benzene rings is 1. The number of carbonyl (C=O) groups excluding carboxylic acids is 1. The molecule has 1 atom stereocenters. The molecule has 1 amide bonds. The van der Waals surface area contributed by atoms with Crippen molar-refractivity contribution in [2.24, 2.45) is 0 Å². The number of hydrogen-bond donors (Lipinski definition) is 2. The molecule has 1 unspecified atom stereocenters. The number of rotatable bonds is 3. The zero-order valence-corrected chi connectivity index (χ0v) is 12.6. The first-order valence-electron chi connectivity index (χ1n) is 6.66. The van der Waals surface area contributed by atoms with Crippen molar-refractivity contribution in [2.75, 3.05) is 12.3 Å². The lowest BCUT2D eigenvalue weighted by atomic mass is 10.0. The van der Waals surface area contributed by atoms with Crippen molar-refractivity contribution < 1.29 is 4.79 Å². The van der Waals surface area contributed by atoms with E-state index >= 15 is 0 Å². The maximum Gasteiger partial charge on any atom is 0.234 e. The molecule has 1 heterocycles. The van der Waals surface area contributed by atoms with Crippen LogP contribution in [-0.4, -0.2) is 23.7 Å². The molecule has 4 heteroatoms. The van der Waals surface area contributed by atoms with Gasteiger partial charge >= 0.3 is 0 Å². The fourth-order valence-electron chi connectivity index (χ4n) is 2.23. The topological polar surface area (TPSA) is 41.1 Å². The van der Waals surface area contributed by atoms with Gasteiger partial charge < -0.3 is 10.6 Å². The van der Waals surface area contributed by atoms with Crippen LogP contribution in [0.4, 0.5) is 0 Å². The molecule has 2 N–H and O–H groups in total. The SMILES string of the molecule is CC(C)(C)NC(=O)CNC1CSCc2ccccc21. The third kappa shape index (κ3) is 4.25. The van der Waals surface area contributed by atoms with Crippen molar-refractivity contribution >= 4 is 17.7 Å². The van der Waals surface area contributed by atoms with E-state index in [0.717, 1.165) is 11.5 Å². The molecule has 0 saturated carbocycles. The van der Waals surface area contributed by atoms with Crippen LogP contribution in [0, 0.1) is 0 Å². The van der Waals surface area contributed by atoms with Gasteiger partial charge in [-0.1, -0.05) is 24.3 Å². The minimum absolute atomic E-state index is 0.0561. The van der Waals surface area contributed by atoms with Gasteiger partial charge in [-0.2, -0.15) is 11.8 Å². The van der Waals surface area contributed by atoms with Crippen LogP contribution >= 0.6 is 11.8 Å². The number of thioether (sulfide) groups is 1. The molecule has 3 nitrogen and oxygen atoms in total. The molecule has 0 bridgehead atoms. The average molecular weight is 278 g/mol. The third-order valence-electron chi connectivity index (χ3n) is 3.00. The van der Waals surface area contributed by atoms with Gasteiger partial charge in [0, 0.05) is 23.1 Å². The standard InChI is InChI=1S/C15H22N2OS/c1-15(2,3)17-14(18)8-16-13-10-19-9-11-6-4-5-7-12(11)13/h4-7,13,16H,8-10H2,1-3H3,(H,17,18). The maximum atomic E-state index is 11.8. The van der Waals surface area contributed by atoms with Gasteiger partial charge in [0.2, 0.25) is 5.91 Å². The van der Waals surface area contributed by atoms with Crippen molar-refractivity contribution in [2.45, 2.75) is 38.1 Å². The van der Waals surface area contributed by atoms with Crippen LogP contribution in [0.5, 0.6) is 0 Å². The van der Waals surface area contributed by atoms with Crippen molar-refractivity contribution in [1.82, 2.24) is 10.6 Å². The number of nitrogens with one attached hydrogen (secondary N) is 2. The zero-order chi connectivity index (χ0) is 13.9.